The maximum absolute atomic E-state index is 11.7. The monoisotopic (exact) mass is 282 g/mol. The highest BCUT2D eigenvalue weighted by molar-refractivity contribution is 5.92. The molecule has 1 aromatic heterocycles. The lowest BCUT2D eigenvalue weighted by Gasteiger charge is -2.29. The molecule has 0 bridgehead atoms. The summed E-state index contributed by atoms with van der Waals surface area (Å²) >= 11 is 0. The van der Waals surface area contributed by atoms with E-state index in [0.717, 1.165) is 32.8 Å². The van der Waals surface area contributed by atoms with Crippen LogP contribution in [0.4, 0.5) is 5.82 Å². The first-order valence-electron chi connectivity index (χ1n) is 6.93. The lowest BCUT2D eigenvalue weighted by molar-refractivity contribution is 0.0327. The highest BCUT2D eigenvalue weighted by Gasteiger charge is 2.21. The number of ether oxygens (including phenoxy) is 2. The van der Waals surface area contributed by atoms with Crippen LogP contribution in [0.15, 0.2) is 6.33 Å². The molecule has 0 saturated carbocycles. The first kappa shape index (κ1) is 14.8. The summed E-state index contributed by atoms with van der Waals surface area (Å²) in [6, 6.07) is 0.142. The van der Waals surface area contributed by atoms with Crippen molar-refractivity contribution >= 4 is 11.8 Å². The van der Waals surface area contributed by atoms with Crippen LogP contribution in [-0.4, -0.2) is 59.9 Å². The van der Waals surface area contributed by atoms with E-state index in [-0.39, 0.29) is 11.7 Å². The average Bonchev–Trinajstić information content (AvgIpc) is 2.82. The Morgan fingerprint density at radius 2 is 2.25 bits per heavy atom. The van der Waals surface area contributed by atoms with Crippen molar-refractivity contribution < 1.29 is 14.3 Å². The Morgan fingerprint density at radius 3 is 2.90 bits per heavy atom. The molecule has 112 valence electrons. The molecule has 0 spiro atoms. The summed E-state index contributed by atoms with van der Waals surface area (Å²) < 4.78 is 12.1. The van der Waals surface area contributed by atoms with Gasteiger partial charge in [-0.2, -0.15) is 0 Å². The molecule has 1 unspecified atom stereocenters. The number of hydrogen-bond donors (Lipinski definition) is 1. The number of rotatable bonds is 5. The van der Waals surface area contributed by atoms with Crippen molar-refractivity contribution in [3.8, 4) is 0 Å². The molecule has 1 aliphatic rings. The van der Waals surface area contributed by atoms with Gasteiger partial charge in [-0.05, 0) is 13.8 Å². The summed E-state index contributed by atoms with van der Waals surface area (Å²) in [5.41, 5.74) is 6.19. The molecular formula is C13H22N4O3. The summed E-state index contributed by atoms with van der Waals surface area (Å²) in [5, 5.41) is 0. The lowest BCUT2D eigenvalue weighted by atomic mass is 10.2. The van der Waals surface area contributed by atoms with Gasteiger partial charge in [-0.25, -0.2) is 9.78 Å². The molecule has 0 radical (unpaired) electrons. The van der Waals surface area contributed by atoms with Gasteiger partial charge in [0.2, 0.25) is 0 Å². The Labute approximate surface area is 118 Å². The quantitative estimate of drug-likeness (QED) is 0.793. The lowest BCUT2D eigenvalue weighted by Crippen LogP contribution is -2.39. The van der Waals surface area contributed by atoms with Crippen LogP contribution in [0.25, 0.3) is 0 Å². The number of esters is 1. The minimum atomic E-state index is -0.470. The summed E-state index contributed by atoms with van der Waals surface area (Å²) in [5.74, 6) is -0.105. The fourth-order valence-electron chi connectivity index (χ4n) is 2.32. The molecule has 1 saturated heterocycles. The summed E-state index contributed by atoms with van der Waals surface area (Å²) in [6.45, 7) is 8.35. The molecule has 0 amide bonds. The van der Waals surface area contributed by atoms with Gasteiger partial charge in [0.15, 0.2) is 5.69 Å². The molecule has 1 aromatic rings. The van der Waals surface area contributed by atoms with E-state index in [9.17, 15) is 4.79 Å². The van der Waals surface area contributed by atoms with Crippen molar-refractivity contribution in [1.29, 1.82) is 0 Å². The predicted molar refractivity (Wildman–Crippen MR) is 74.6 cm³/mol. The Hall–Kier alpha value is -1.60. The standard InChI is InChI=1S/C13H22N4O3/c1-3-20-13(18)11-12(14)17(9-15-11)10(2)8-16-4-6-19-7-5-16/h9-10H,3-8,14H2,1-2H3. The van der Waals surface area contributed by atoms with E-state index >= 15 is 0 Å². The number of imidazole rings is 1. The van der Waals surface area contributed by atoms with Gasteiger partial charge in [0.05, 0.1) is 26.1 Å². The number of nitrogens with two attached hydrogens (primary N) is 1. The molecule has 0 aromatic carbocycles. The van der Waals surface area contributed by atoms with E-state index in [1.54, 1.807) is 13.3 Å². The Bertz CT molecular complexity index is 454. The number of anilines is 1. The Morgan fingerprint density at radius 1 is 1.55 bits per heavy atom. The van der Waals surface area contributed by atoms with Gasteiger partial charge in [-0.15, -0.1) is 0 Å². The SMILES string of the molecule is CCOC(=O)c1ncn(C(C)CN2CCOCC2)c1N. The minimum absolute atomic E-state index is 0.142. The molecule has 0 aliphatic carbocycles. The van der Waals surface area contributed by atoms with Crippen LogP contribution in [0.5, 0.6) is 0 Å². The van der Waals surface area contributed by atoms with Gasteiger partial charge in [0.1, 0.15) is 5.82 Å². The van der Waals surface area contributed by atoms with Crippen LogP contribution in [0.1, 0.15) is 30.4 Å². The number of hydrogen-bond acceptors (Lipinski definition) is 6. The zero-order chi connectivity index (χ0) is 14.5. The van der Waals surface area contributed by atoms with Gasteiger partial charge in [0, 0.05) is 25.7 Å². The molecule has 2 N–H and O–H groups in total. The number of carbonyl (C=O) groups excluding carboxylic acids is 1. The largest absolute Gasteiger partial charge is 0.461 e. The van der Waals surface area contributed by atoms with E-state index in [1.807, 2.05) is 4.57 Å². The molecule has 1 atom stereocenters. The predicted octanol–water partition coefficient (Wildman–Crippen LogP) is 0.535. The molecule has 2 heterocycles. The summed E-state index contributed by atoms with van der Waals surface area (Å²) in [4.78, 5) is 18.1. The van der Waals surface area contributed by atoms with Crippen LogP contribution in [0.3, 0.4) is 0 Å². The highest BCUT2D eigenvalue weighted by Crippen LogP contribution is 2.18. The number of nitrogen functional groups attached to an aromatic ring is 1. The maximum atomic E-state index is 11.7. The van der Waals surface area contributed by atoms with Gasteiger partial charge >= 0.3 is 5.97 Å². The first-order chi connectivity index (χ1) is 9.63. The molecule has 7 nitrogen and oxygen atoms in total. The van der Waals surface area contributed by atoms with E-state index in [1.165, 1.54) is 0 Å². The fraction of sp³-hybridized carbons (Fsp3) is 0.692. The summed E-state index contributed by atoms with van der Waals surface area (Å²) in [6.07, 6.45) is 1.60. The number of morpholine rings is 1. The second-order valence-electron chi connectivity index (χ2n) is 4.87. The topological polar surface area (TPSA) is 82.6 Å². The van der Waals surface area contributed by atoms with Crippen molar-refractivity contribution in [2.75, 3.05) is 45.2 Å². The maximum Gasteiger partial charge on any atom is 0.360 e. The average molecular weight is 282 g/mol. The Kier molecular flexibility index (Phi) is 4.97. The van der Waals surface area contributed by atoms with Gasteiger partial charge in [0.25, 0.3) is 0 Å². The van der Waals surface area contributed by atoms with Crippen molar-refractivity contribution in [2.45, 2.75) is 19.9 Å². The number of nitrogens with zero attached hydrogens (tertiary/aromatic N) is 3. The highest BCUT2D eigenvalue weighted by atomic mass is 16.5. The molecule has 2 rings (SSSR count). The van der Waals surface area contributed by atoms with Crippen LogP contribution in [-0.2, 0) is 9.47 Å². The third-order valence-corrected chi connectivity index (χ3v) is 3.40. The molecule has 1 fully saturated rings. The second-order valence-corrected chi connectivity index (χ2v) is 4.87. The van der Waals surface area contributed by atoms with Crippen LogP contribution >= 0.6 is 0 Å². The smallest absolute Gasteiger partial charge is 0.360 e. The third kappa shape index (κ3) is 3.29. The zero-order valence-electron chi connectivity index (χ0n) is 12.0. The molecular weight excluding hydrogens is 260 g/mol. The number of carbonyl (C=O) groups is 1. The van der Waals surface area contributed by atoms with E-state index in [2.05, 4.69) is 16.8 Å². The van der Waals surface area contributed by atoms with Crippen LogP contribution in [0.2, 0.25) is 0 Å². The summed E-state index contributed by atoms with van der Waals surface area (Å²) in [7, 11) is 0. The van der Waals surface area contributed by atoms with E-state index < -0.39 is 5.97 Å². The normalized spacial score (nSPS) is 17.9. The second kappa shape index (κ2) is 6.71. The van der Waals surface area contributed by atoms with Crippen molar-refractivity contribution in [3.05, 3.63) is 12.0 Å². The number of aromatic nitrogens is 2. The molecule has 7 heteroatoms. The van der Waals surface area contributed by atoms with Crippen molar-refractivity contribution in [3.63, 3.8) is 0 Å². The van der Waals surface area contributed by atoms with Gasteiger partial charge in [-0.1, -0.05) is 0 Å². The van der Waals surface area contributed by atoms with Crippen molar-refractivity contribution in [1.82, 2.24) is 14.5 Å². The van der Waals surface area contributed by atoms with Crippen LogP contribution in [0, 0.1) is 0 Å². The fourth-order valence-corrected chi connectivity index (χ4v) is 2.32. The van der Waals surface area contributed by atoms with Crippen LogP contribution < -0.4 is 5.73 Å². The van der Waals surface area contributed by atoms with Gasteiger partial charge < -0.3 is 19.8 Å². The molecule has 20 heavy (non-hydrogen) atoms. The Balaban J connectivity index is 2.02. The van der Waals surface area contributed by atoms with E-state index in [4.69, 9.17) is 15.2 Å². The minimum Gasteiger partial charge on any atom is -0.461 e. The zero-order valence-corrected chi connectivity index (χ0v) is 12.0. The third-order valence-electron chi connectivity index (χ3n) is 3.40. The van der Waals surface area contributed by atoms with E-state index in [0.29, 0.717) is 12.4 Å². The molecule has 1 aliphatic heterocycles. The van der Waals surface area contributed by atoms with Gasteiger partial charge in [-0.3, -0.25) is 4.90 Å². The van der Waals surface area contributed by atoms with Crippen molar-refractivity contribution in [2.24, 2.45) is 0 Å². The first-order valence-corrected chi connectivity index (χ1v) is 6.93.